The Morgan fingerprint density at radius 3 is 2.41 bits per heavy atom. The number of hydrogen-bond acceptors (Lipinski definition) is 4. The first kappa shape index (κ1) is 15.1. The fraction of sp³-hybridized carbons (Fsp3) is 0.0588. The maximum Gasteiger partial charge on any atom is 0.267 e. The Labute approximate surface area is 128 Å². The smallest absolute Gasteiger partial charge is 0.267 e. The molecule has 0 aromatic heterocycles. The third-order valence-corrected chi connectivity index (χ3v) is 3.03. The highest BCUT2D eigenvalue weighted by atomic mass is 16.3. The van der Waals surface area contributed by atoms with Crippen LogP contribution in [-0.2, 0) is 4.79 Å². The van der Waals surface area contributed by atoms with Crippen LogP contribution in [-0.4, -0.2) is 11.0 Å². The quantitative estimate of drug-likeness (QED) is 0.459. The van der Waals surface area contributed by atoms with Gasteiger partial charge in [0, 0.05) is 11.9 Å². The summed E-state index contributed by atoms with van der Waals surface area (Å²) in [6.45, 7) is 1.87. The van der Waals surface area contributed by atoms with Gasteiger partial charge in [-0.05, 0) is 30.7 Å². The maximum atomic E-state index is 12.1. The Morgan fingerprint density at radius 2 is 1.77 bits per heavy atom. The molecule has 5 heteroatoms. The molecule has 5 nitrogen and oxygen atoms in total. The lowest BCUT2D eigenvalue weighted by molar-refractivity contribution is -0.112. The zero-order chi connectivity index (χ0) is 15.9. The van der Waals surface area contributed by atoms with E-state index in [1.807, 2.05) is 25.1 Å². The van der Waals surface area contributed by atoms with Gasteiger partial charge in [0.1, 0.15) is 17.4 Å². The van der Waals surface area contributed by atoms with Crippen LogP contribution < -0.4 is 10.6 Å². The van der Waals surface area contributed by atoms with Crippen molar-refractivity contribution in [1.82, 2.24) is 0 Å². The van der Waals surface area contributed by atoms with Crippen molar-refractivity contribution in [2.45, 2.75) is 6.92 Å². The number of hydrogen-bond donors (Lipinski definition) is 3. The van der Waals surface area contributed by atoms with E-state index in [9.17, 15) is 9.90 Å². The normalized spacial score (nSPS) is 10.6. The molecular formula is C17H15N3O2. The Kier molecular flexibility index (Phi) is 4.78. The second-order valence-electron chi connectivity index (χ2n) is 4.60. The van der Waals surface area contributed by atoms with Crippen LogP contribution in [0.5, 0.6) is 5.75 Å². The predicted octanol–water partition coefficient (Wildman–Crippen LogP) is 3.16. The zero-order valence-electron chi connectivity index (χ0n) is 12.0. The number of phenolic OH excluding ortho intramolecular Hbond substituents is 1. The molecule has 0 aliphatic rings. The molecule has 2 aromatic carbocycles. The summed E-state index contributed by atoms with van der Waals surface area (Å²) in [5.74, 6) is -0.477. The minimum absolute atomic E-state index is 0.0374. The molecule has 0 spiro atoms. The SMILES string of the molecule is Cc1ccccc1NC(=O)/C(C#N)=C\Nc1ccccc1O. The number of para-hydroxylation sites is 3. The summed E-state index contributed by atoms with van der Waals surface area (Å²) < 4.78 is 0. The van der Waals surface area contributed by atoms with Crippen LogP contribution in [0.1, 0.15) is 5.56 Å². The van der Waals surface area contributed by atoms with Crippen LogP contribution in [0.2, 0.25) is 0 Å². The number of rotatable bonds is 4. The van der Waals surface area contributed by atoms with Crippen molar-refractivity contribution < 1.29 is 9.90 Å². The number of benzene rings is 2. The van der Waals surface area contributed by atoms with E-state index in [1.165, 1.54) is 12.3 Å². The summed E-state index contributed by atoms with van der Waals surface area (Å²) in [5, 5.41) is 24.2. The number of aryl methyl sites for hydroxylation is 1. The minimum Gasteiger partial charge on any atom is -0.506 e. The van der Waals surface area contributed by atoms with Crippen molar-refractivity contribution in [2.75, 3.05) is 10.6 Å². The summed E-state index contributed by atoms with van der Waals surface area (Å²) in [5.41, 5.74) is 1.88. The number of aromatic hydroxyl groups is 1. The molecule has 0 aliphatic heterocycles. The molecule has 0 unspecified atom stereocenters. The second-order valence-corrected chi connectivity index (χ2v) is 4.60. The molecule has 0 heterocycles. The minimum atomic E-state index is -0.514. The molecule has 110 valence electrons. The zero-order valence-corrected chi connectivity index (χ0v) is 12.0. The first-order valence-electron chi connectivity index (χ1n) is 6.63. The molecule has 2 rings (SSSR count). The number of nitrogens with one attached hydrogen (secondary N) is 2. The van der Waals surface area contributed by atoms with Crippen molar-refractivity contribution in [3.8, 4) is 11.8 Å². The van der Waals surface area contributed by atoms with Crippen molar-refractivity contribution in [3.05, 3.63) is 65.9 Å². The molecule has 0 atom stereocenters. The van der Waals surface area contributed by atoms with E-state index in [0.717, 1.165) is 5.56 Å². The molecule has 2 aromatic rings. The number of amides is 1. The van der Waals surface area contributed by atoms with E-state index in [4.69, 9.17) is 5.26 Å². The monoisotopic (exact) mass is 293 g/mol. The molecule has 0 saturated carbocycles. The average molecular weight is 293 g/mol. The first-order chi connectivity index (χ1) is 10.6. The van der Waals surface area contributed by atoms with Gasteiger partial charge in [0.15, 0.2) is 0 Å². The summed E-state index contributed by atoms with van der Waals surface area (Å²) >= 11 is 0. The summed E-state index contributed by atoms with van der Waals surface area (Å²) in [7, 11) is 0. The van der Waals surface area contributed by atoms with E-state index in [-0.39, 0.29) is 11.3 Å². The van der Waals surface area contributed by atoms with Gasteiger partial charge < -0.3 is 15.7 Å². The van der Waals surface area contributed by atoms with Gasteiger partial charge >= 0.3 is 0 Å². The van der Waals surface area contributed by atoms with Crippen molar-refractivity contribution in [3.63, 3.8) is 0 Å². The van der Waals surface area contributed by atoms with Crippen LogP contribution in [0.25, 0.3) is 0 Å². The second kappa shape index (κ2) is 6.95. The topological polar surface area (TPSA) is 85.2 Å². The molecule has 0 saturated heterocycles. The van der Waals surface area contributed by atoms with Gasteiger partial charge in [-0.25, -0.2) is 0 Å². The number of phenols is 1. The highest BCUT2D eigenvalue weighted by Gasteiger charge is 2.10. The van der Waals surface area contributed by atoms with E-state index in [1.54, 1.807) is 30.3 Å². The van der Waals surface area contributed by atoms with Crippen molar-refractivity contribution in [1.29, 1.82) is 5.26 Å². The van der Waals surface area contributed by atoms with Crippen LogP contribution >= 0.6 is 0 Å². The van der Waals surface area contributed by atoms with E-state index < -0.39 is 5.91 Å². The highest BCUT2D eigenvalue weighted by Crippen LogP contribution is 2.21. The fourth-order valence-corrected chi connectivity index (χ4v) is 1.80. The number of carbonyl (C=O) groups excluding carboxylic acids is 1. The lowest BCUT2D eigenvalue weighted by Gasteiger charge is -2.08. The van der Waals surface area contributed by atoms with Crippen molar-refractivity contribution in [2.24, 2.45) is 0 Å². The lowest BCUT2D eigenvalue weighted by Crippen LogP contribution is -2.15. The molecule has 3 N–H and O–H groups in total. The van der Waals surface area contributed by atoms with Crippen LogP contribution in [0.4, 0.5) is 11.4 Å². The molecule has 0 radical (unpaired) electrons. The molecule has 22 heavy (non-hydrogen) atoms. The standard InChI is InChI=1S/C17H15N3O2/c1-12-6-2-3-7-14(12)20-17(22)13(10-18)11-19-15-8-4-5-9-16(15)21/h2-9,11,19,21H,1H3,(H,20,22)/b13-11-. The highest BCUT2D eigenvalue weighted by molar-refractivity contribution is 6.07. The number of nitrogens with zero attached hydrogens (tertiary/aromatic N) is 1. The van der Waals surface area contributed by atoms with Gasteiger partial charge in [0.2, 0.25) is 0 Å². The molecule has 0 fully saturated rings. The van der Waals surface area contributed by atoms with Crippen LogP contribution in [0.3, 0.4) is 0 Å². The molecule has 0 bridgehead atoms. The van der Waals surface area contributed by atoms with Gasteiger partial charge in [-0.15, -0.1) is 0 Å². The maximum absolute atomic E-state index is 12.1. The number of carbonyl (C=O) groups is 1. The fourth-order valence-electron chi connectivity index (χ4n) is 1.80. The Balaban J connectivity index is 2.13. The summed E-state index contributed by atoms with van der Waals surface area (Å²) in [6.07, 6.45) is 1.27. The van der Waals surface area contributed by atoms with E-state index in [0.29, 0.717) is 11.4 Å². The van der Waals surface area contributed by atoms with E-state index in [2.05, 4.69) is 10.6 Å². The average Bonchev–Trinajstić information content (AvgIpc) is 2.52. The van der Waals surface area contributed by atoms with Gasteiger partial charge in [0.05, 0.1) is 5.69 Å². The largest absolute Gasteiger partial charge is 0.506 e. The van der Waals surface area contributed by atoms with Gasteiger partial charge in [0.25, 0.3) is 5.91 Å². The van der Waals surface area contributed by atoms with Gasteiger partial charge in [-0.1, -0.05) is 30.3 Å². The van der Waals surface area contributed by atoms with Gasteiger partial charge in [-0.3, -0.25) is 4.79 Å². The third-order valence-electron chi connectivity index (χ3n) is 3.03. The predicted molar refractivity (Wildman–Crippen MR) is 85.2 cm³/mol. The van der Waals surface area contributed by atoms with Crippen LogP contribution in [0.15, 0.2) is 60.3 Å². The van der Waals surface area contributed by atoms with Crippen LogP contribution in [0, 0.1) is 18.3 Å². The first-order valence-corrected chi connectivity index (χ1v) is 6.63. The molecule has 0 aliphatic carbocycles. The Hall–Kier alpha value is -3.26. The molecule has 1 amide bonds. The lowest BCUT2D eigenvalue weighted by atomic mass is 10.2. The number of nitriles is 1. The molecular weight excluding hydrogens is 278 g/mol. The number of anilines is 2. The van der Waals surface area contributed by atoms with Crippen molar-refractivity contribution >= 4 is 17.3 Å². The third kappa shape index (κ3) is 3.64. The Bertz CT molecular complexity index is 760. The van der Waals surface area contributed by atoms with Gasteiger partial charge in [-0.2, -0.15) is 5.26 Å². The summed E-state index contributed by atoms with van der Waals surface area (Å²) in [4.78, 5) is 12.1. The Morgan fingerprint density at radius 1 is 1.14 bits per heavy atom. The van der Waals surface area contributed by atoms with E-state index >= 15 is 0 Å². The summed E-state index contributed by atoms with van der Waals surface area (Å²) in [6, 6.07) is 15.7.